The van der Waals surface area contributed by atoms with Crippen molar-refractivity contribution in [2.45, 2.75) is 37.7 Å². The van der Waals surface area contributed by atoms with Gasteiger partial charge in [-0.2, -0.15) is 11.8 Å². The van der Waals surface area contributed by atoms with Crippen LogP contribution in [-0.4, -0.2) is 33.7 Å². The number of aromatic nitrogens is 1. The van der Waals surface area contributed by atoms with Crippen LogP contribution in [0.15, 0.2) is 54.6 Å². The Labute approximate surface area is 181 Å². The van der Waals surface area contributed by atoms with Gasteiger partial charge in [-0.1, -0.05) is 29.8 Å². The minimum Gasteiger partial charge on any atom is -0.487 e. The number of thioether (sulfide) groups is 1. The van der Waals surface area contributed by atoms with Crippen LogP contribution < -0.4 is 10.6 Å². The summed E-state index contributed by atoms with van der Waals surface area (Å²) < 4.78 is 8.43. The van der Waals surface area contributed by atoms with E-state index in [1.807, 2.05) is 29.3 Å². The molecule has 1 aliphatic rings. The standard InChI is InChI=1S/C23H28ClN3OS/c24-19-8-10-21(11-9-19)28-17-20-15-18-5-1-2-7-23(18)27(20)13-4-14-29-22-6-3-12-26(25)16-22/h1-2,5,7-11,15,22H,3-4,6,12-14,16-17,25H2. The molecule has 2 N–H and O–H groups in total. The number of halogens is 1. The van der Waals surface area contributed by atoms with Crippen LogP contribution in [0.3, 0.4) is 0 Å². The fourth-order valence-electron chi connectivity index (χ4n) is 3.91. The summed E-state index contributed by atoms with van der Waals surface area (Å²) in [7, 11) is 0. The Morgan fingerprint density at radius 3 is 2.79 bits per heavy atom. The molecule has 0 aliphatic carbocycles. The first-order valence-electron chi connectivity index (χ1n) is 10.3. The molecule has 1 saturated heterocycles. The van der Waals surface area contributed by atoms with Crippen molar-refractivity contribution >= 4 is 34.3 Å². The Bertz CT molecular complexity index is 928. The van der Waals surface area contributed by atoms with Crippen LogP contribution in [0.2, 0.25) is 5.02 Å². The summed E-state index contributed by atoms with van der Waals surface area (Å²) >= 11 is 8.04. The lowest BCUT2D eigenvalue weighted by atomic mass is 10.1. The number of benzene rings is 2. The first-order chi connectivity index (χ1) is 14.2. The van der Waals surface area contributed by atoms with E-state index >= 15 is 0 Å². The van der Waals surface area contributed by atoms with Gasteiger partial charge in [0.15, 0.2) is 0 Å². The van der Waals surface area contributed by atoms with Crippen LogP contribution in [0.4, 0.5) is 0 Å². The molecule has 6 heteroatoms. The maximum atomic E-state index is 6.03. The van der Waals surface area contributed by atoms with E-state index in [2.05, 4.69) is 46.7 Å². The summed E-state index contributed by atoms with van der Waals surface area (Å²) in [5.74, 6) is 7.97. The van der Waals surface area contributed by atoms with Gasteiger partial charge >= 0.3 is 0 Å². The lowest BCUT2D eigenvalue weighted by Crippen LogP contribution is -2.41. The monoisotopic (exact) mass is 429 g/mol. The second-order valence-electron chi connectivity index (χ2n) is 7.57. The smallest absolute Gasteiger partial charge is 0.128 e. The van der Waals surface area contributed by atoms with Crippen LogP contribution in [0.1, 0.15) is 25.0 Å². The van der Waals surface area contributed by atoms with Crippen molar-refractivity contribution in [3.63, 3.8) is 0 Å². The number of para-hydroxylation sites is 1. The predicted molar refractivity (Wildman–Crippen MR) is 124 cm³/mol. The molecule has 0 radical (unpaired) electrons. The number of rotatable bonds is 8. The first kappa shape index (κ1) is 20.6. The Morgan fingerprint density at radius 2 is 1.97 bits per heavy atom. The summed E-state index contributed by atoms with van der Waals surface area (Å²) in [5, 5.41) is 4.62. The van der Waals surface area contributed by atoms with Crippen molar-refractivity contribution in [3.8, 4) is 5.75 Å². The third kappa shape index (κ3) is 5.48. The number of aryl methyl sites for hydroxylation is 1. The van der Waals surface area contributed by atoms with Crippen LogP contribution in [0, 0.1) is 0 Å². The van der Waals surface area contributed by atoms with Gasteiger partial charge in [-0.05, 0) is 66.8 Å². The summed E-state index contributed by atoms with van der Waals surface area (Å²) in [6.45, 7) is 3.59. The molecule has 0 amide bonds. The van der Waals surface area contributed by atoms with E-state index in [0.717, 1.165) is 42.6 Å². The van der Waals surface area contributed by atoms with E-state index in [1.165, 1.54) is 29.4 Å². The number of nitrogens with zero attached hydrogens (tertiary/aromatic N) is 2. The fourth-order valence-corrected chi connectivity index (χ4v) is 5.30. The summed E-state index contributed by atoms with van der Waals surface area (Å²) in [4.78, 5) is 0. The summed E-state index contributed by atoms with van der Waals surface area (Å²) in [5.41, 5.74) is 2.48. The van der Waals surface area contributed by atoms with Crippen LogP contribution in [-0.2, 0) is 13.2 Å². The zero-order valence-electron chi connectivity index (χ0n) is 16.6. The SMILES string of the molecule is NN1CCCC(SCCCn2c(COc3ccc(Cl)cc3)cc3ccccc32)C1. The maximum absolute atomic E-state index is 6.03. The summed E-state index contributed by atoms with van der Waals surface area (Å²) in [6.07, 6.45) is 3.63. The molecular formula is C23H28ClN3OS. The van der Waals surface area contributed by atoms with Gasteiger partial charge in [-0.15, -0.1) is 0 Å². The molecule has 0 spiro atoms. The number of piperidine rings is 1. The van der Waals surface area contributed by atoms with Crippen molar-refractivity contribution in [3.05, 3.63) is 65.3 Å². The third-order valence-corrected chi connectivity index (χ3v) is 7.02. The van der Waals surface area contributed by atoms with Gasteiger partial charge < -0.3 is 9.30 Å². The van der Waals surface area contributed by atoms with Crippen molar-refractivity contribution < 1.29 is 4.74 Å². The quantitative estimate of drug-likeness (QED) is 0.388. The molecule has 1 aromatic heterocycles. The number of hydrogen-bond donors (Lipinski definition) is 1. The minimum absolute atomic E-state index is 0.550. The molecule has 29 heavy (non-hydrogen) atoms. The molecule has 0 bridgehead atoms. The first-order valence-corrected chi connectivity index (χ1v) is 11.7. The van der Waals surface area contributed by atoms with E-state index in [-0.39, 0.29) is 0 Å². The van der Waals surface area contributed by atoms with Crippen LogP contribution in [0.25, 0.3) is 10.9 Å². The molecule has 1 atom stereocenters. The van der Waals surface area contributed by atoms with Crippen LogP contribution in [0.5, 0.6) is 5.75 Å². The number of ether oxygens (including phenoxy) is 1. The van der Waals surface area contributed by atoms with Gasteiger partial charge in [0.1, 0.15) is 12.4 Å². The van der Waals surface area contributed by atoms with Gasteiger partial charge in [-0.25, -0.2) is 5.01 Å². The van der Waals surface area contributed by atoms with E-state index in [4.69, 9.17) is 22.2 Å². The number of hydrazine groups is 1. The summed E-state index contributed by atoms with van der Waals surface area (Å²) in [6, 6.07) is 18.4. The van der Waals surface area contributed by atoms with Gasteiger partial charge in [0.2, 0.25) is 0 Å². The van der Waals surface area contributed by atoms with E-state index in [1.54, 1.807) is 0 Å². The largest absolute Gasteiger partial charge is 0.487 e. The number of fused-ring (bicyclic) bond motifs is 1. The molecule has 3 aromatic rings. The Morgan fingerprint density at radius 1 is 1.14 bits per heavy atom. The van der Waals surface area contributed by atoms with Crippen molar-refractivity contribution in [2.24, 2.45) is 5.84 Å². The highest BCUT2D eigenvalue weighted by molar-refractivity contribution is 7.99. The van der Waals surface area contributed by atoms with E-state index in [9.17, 15) is 0 Å². The zero-order valence-corrected chi connectivity index (χ0v) is 18.2. The lowest BCUT2D eigenvalue weighted by Gasteiger charge is -2.28. The van der Waals surface area contributed by atoms with Crippen molar-refractivity contribution in [1.82, 2.24) is 9.58 Å². The van der Waals surface area contributed by atoms with Gasteiger partial charge in [0.25, 0.3) is 0 Å². The average molecular weight is 430 g/mol. The highest BCUT2D eigenvalue weighted by Crippen LogP contribution is 2.25. The molecule has 0 saturated carbocycles. The normalized spacial score (nSPS) is 17.7. The molecule has 2 heterocycles. The van der Waals surface area contributed by atoms with Crippen LogP contribution >= 0.6 is 23.4 Å². The predicted octanol–water partition coefficient (Wildman–Crippen LogP) is 5.34. The topological polar surface area (TPSA) is 43.4 Å². The highest BCUT2D eigenvalue weighted by atomic mass is 35.5. The average Bonchev–Trinajstić information content (AvgIpc) is 3.08. The Hall–Kier alpha value is -1.66. The van der Waals surface area contributed by atoms with Gasteiger partial charge in [-0.3, -0.25) is 5.84 Å². The fraction of sp³-hybridized carbons (Fsp3) is 0.391. The third-order valence-electron chi connectivity index (χ3n) is 5.39. The minimum atomic E-state index is 0.550. The molecule has 1 unspecified atom stereocenters. The molecule has 154 valence electrons. The van der Waals surface area contributed by atoms with Gasteiger partial charge in [0, 0.05) is 35.4 Å². The number of nitrogens with two attached hydrogens (primary N) is 1. The molecule has 4 rings (SSSR count). The Kier molecular flexibility index (Phi) is 7.03. The molecule has 1 fully saturated rings. The highest BCUT2D eigenvalue weighted by Gasteiger charge is 2.17. The van der Waals surface area contributed by atoms with Crippen molar-refractivity contribution in [2.75, 3.05) is 18.8 Å². The van der Waals surface area contributed by atoms with E-state index in [0.29, 0.717) is 11.9 Å². The van der Waals surface area contributed by atoms with E-state index < -0.39 is 0 Å². The molecule has 1 aliphatic heterocycles. The molecular weight excluding hydrogens is 402 g/mol. The molecule has 2 aromatic carbocycles. The van der Waals surface area contributed by atoms with Crippen molar-refractivity contribution in [1.29, 1.82) is 0 Å². The van der Waals surface area contributed by atoms with Gasteiger partial charge in [0.05, 0.1) is 5.69 Å². The zero-order chi connectivity index (χ0) is 20.1. The molecule has 4 nitrogen and oxygen atoms in total. The lowest BCUT2D eigenvalue weighted by molar-refractivity contribution is 0.240. The maximum Gasteiger partial charge on any atom is 0.128 e. The second-order valence-corrected chi connectivity index (χ2v) is 9.42. The second kappa shape index (κ2) is 9.90. The Balaban J connectivity index is 1.38. The number of hydrogen-bond acceptors (Lipinski definition) is 4.